The first kappa shape index (κ1) is 14.5. The molecule has 0 spiro atoms. The number of ether oxygens (including phenoxy) is 1. The number of rotatable bonds is 5. The SMILES string of the molecule is CCOc1ccc(N=Cc2ccc(O)c([N+](=O)[O-])c2)cc1. The van der Waals surface area contributed by atoms with E-state index in [1.807, 2.05) is 6.92 Å². The molecule has 2 rings (SSSR count). The maximum atomic E-state index is 10.7. The average molecular weight is 286 g/mol. The van der Waals surface area contributed by atoms with Crippen molar-refractivity contribution in [2.75, 3.05) is 6.61 Å². The van der Waals surface area contributed by atoms with Crippen LogP contribution in [0.2, 0.25) is 0 Å². The molecule has 0 saturated carbocycles. The molecule has 0 radical (unpaired) electrons. The fourth-order valence-corrected chi connectivity index (χ4v) is 1.71. The first-order valence-corrected chi connectivity index (χ1v) is 6.34. The van der Waals surface area contributed by atoms with Gasteiger partial charge in [-0.25, -0.2) is 0 Å². The van der Waals surface area contributed by atoms with Gasteiger partial charge in [0.2, 0.25) is 0 Å². The highest BCUT2D eigenvalue weighted by atomic mass is 16.6. The lowest BCUT2D eigenvalue weighted by Crippen LogP contribution is -1.91. The van der Waals surface area contributed by atoms with Crippen LogP contribution in [0.15, 0.2) is 47.5 Å². The van der Waals surface area contributed by atoms with Crippen LogP contribution in [0, 0.1) is 10.1 Å². The van der Waals surface area contributed by atoms with Gasteiger partial charge in [0.15, 0.2) is 5.75 Å². The molecular weight excluding hydrogens is 272 g/mol. The summed E-state index contributed by atoms with van der Waals surface area (Å²) in [4.78, 5) is 14.3. The molecule has 0 bridgehead atoms. The largest absolute Gasteiger partial charge is 0.502 e. The van der Waals surface area contributed by atoms with E-state index in [1.54, 1.807) is 30.3 Å². The second-order valence-corrected chi connectivity index (χ2v) is 4.19. The van der Waals surface area contributed by atoms with Gasteiger partial charge in [0.25, 0.3) is 0 Å². The second-order valence-electron chi connectivity index (χ2n) is 4.19. The topological polar surface area (TPSA) is 85.0 Å². The molecule has 0 atom stereocenters. The summed E-state index contributed by atoms with van der Waals surface area (Å²) in [6.07, 6.45) is 1.50. The van der Waals surface area contributed by atoms with Crippen LogP contribution < -0.4 is 4.74 Å². The third-order valence-corrected chi connectivity index (χ3v) is 2.71. The molecule has 0 aliphatic carbocycles. The summed E-state index contributed by atoms with van der Waals surface area (Å²) >= 11 is 0. The minimum atomic E-state index is -0.635. The fraction of sp³-hybridized carbons (Fsp3) is 0.133. The van der Waals surface area contributed by atoms with E-state index >= 15 is 0 Å². The van der Waals surface area contributed by atoms with Crippen LogP contribution >= 0.6 is 0 Å². The number of benzene rings is 2. The molecule has 0 aliphatic heterocycles. The van der Waals surface area contributed by atoms with Gasteiger partial charge < -0.3 is 9.84 Å². The Morgan fingerprint density at radius 3 is 2.62 bits per heavy atom. The molecule has 0 aliphatic rings. The Morgan fingerprint density at radius 2 is 2.00 bits per heavy atom. The number of phenols is 1. The van der Waals surface area contributed by atoms with Gasteiger partial charge in [-0.1, -0.05) is 0 Å². The number of nitrogens with zero attached hydrogens (tertiary/aromatic N) is 2. The number of hydrogen-bond donors (Lipinski definition) is 1. The van der Waals surface area contributed by atoms with Gasteiger partial charge in [-0.3, -0.25) is 15.1 Å². The van der Waals surface area contributed by atoms with E-state index in [9.17, 15) is 15.2 Å². The summed E-state index contributed by atoms with van der Waals surface area (Å²) < 4.78 is 5.32. The lowest BCUT2D eigenvalue weighted by Gasteiger charge is -2.02. The number of aliphatic imine (C=N–C) groups is 1. The van der Waals surface area contributed by atoms with E-state index in [2.05, 4.69) is 4.99 Å². The molecule has 0 saturated heterocycles. The van der Waals surface area contributed by atoms with Gasteiger partial charge in [-0.2, -0.15) is 0 Å². The van der Waals surface area contributed by atoms with Gasteiger partial charge >= 0.3 is 5.69 Å². The third kappa shape index (κ3) is 3.79. The van der Waals surface area contributed by atoms with E-state index in [4.69, 9.17) is 4.74 Å². The van der Waals surface area contributed by atoms with Crippen LogP contribution in [0.1, 0.15) is 12.5 Å². The average Bonchev–Trinajstić information content (AvgIpc) is 2.48. The number of nitro groups is 1. The van der Waals surface area contributed by atoms with Gasteiger partial charge in [0, 0.05) is 12.3 Å². The zero-order chi connectivity index (χ0) is 15.2. The summed E-state index contributed by atoms with van der Waals surface area (Å²) in [6.45, 7) is 2.50. The van der Waals surface area contributed by atoms with Crippen LogP contribution in [0.25, 0.3) is 0 Å². The number of nitro benzene ring substituents is 1. The molecule has 0 aromatic heterocycles. The van der Waals surface area contributed by atoms with Gasteiger partial charge in [0.05, 0.1) is 17.2 Å². The normalized spacial score (nSPS) is 10.7. The van der Waals surface area contributed by atoms with E-state index < -0.39 is 4.92 Å². The van der Waals surface area contributed by atoms with Crippen molar-refractivity contribution in [3.8, 4) is 11.5 Å². The van der Waals surface area contributed by atoms with E-state index in [0.717, 1.165) is 5.75 Å². The molecule has 0 heterocycles. The Balaban J connectivity index is 2.17. The Hall–Kier alpha value is -2.89. The number of hydrogen-bond acceptors (Lipinski definition) is 5. The highest BCUT2D eigenvalue weighted by Crippen LogP contribution is 2.26. The highest BCUT2D eigenvalue weighted by Gasteiger charge is 2.12. The lowest BCUT2D eigenvalue weighted by molar-refractivity contribution is -0.385. The Bertz CT molecular complexity index is 666. The minimum absolute atomic E-state index is 0.342. The first-order chi connectivity index (χ1) is 10.1. The maximum Gasteiger partial charge on any atom is 0.311 e. The molecule has 6 heteroatoms. The second kappa shape index (κ2) is 6.51. The molecule has 2 aromatic carbocycles. The van der Waals surface area contributed by atoms with Crippen molar-refractivity contribution in [2.24, 2.45) is 4.99 Å². The predicted molar refractivity (Wildman–Crippen MR) is 79.6 cm³/mol. The van der Waals surface area contributed by atoms with Gasteiger partial charge in [-0.15, -0.1) is 0 Å². The quantitative estimate of drug-likeness (QED) is 0.518. The zero-order valence-electron chi connectivity index (χ0n) is 11.4. The summed E-state index contributed by atoms with van der Waals surface area (Å²) in [7, 11) is 0. The molecule has 6 nitrogen and oxygen atoms in total. The molecule has 0 unspecified atom stereocenters. The van der Waals surface area contributed by atoms with Crippen molar-refractivity contribution >= 4 is 17.6 Å². The first-order valence-electron chi connectivity index (χ1n) is 6.34. The summed E-state index contributed by atoms with van der Waals surface area (Å²) in [5.74, 6) is 0.398. The summed E-state index contributed by atoms with van der Waals surface area (Å²) in [6, 6.07) is 11.3. The molecular formula is C15H14N2O4. The van der Waals surface area contributed by atoms with Crippen molar-refractivity contribution in [3.63, 3.8) is 0 Å². The summed E-state index contributed by atoms with van der Waals surface area (Å²) in [5.41, 5.74) is 0.896. The van der Waals surface area contributed by atoms with Crippen molar-refractivity contribution in [2.45, 2.75) is 6.92 Å². The highest BCUT2D eigenvalue weighted by molar-refractivity contribution is 5.83. The molecule has 108 valence electrons. The minimum Gasteiger partial charge on any atom is -0.502 e. The molecule has 0 amide bonds. The van der Waals surface area contributed by atoms with Crippen molar-refractivity contribution in [1.82, 2.24) is 0 Å². The van der Waals surface area contributed by atoms with E-state index in [1.165, 1.54) is 18.3 Å². The van der Waals surface area contributed by atoms with Crippen LogP contribution in [-0.4, -0.2) is 22.9 Å². The molecule has 21 heavy (non-hydrogen) atoms. The Labute approximate surface area is 121 Å². The van der Waals surface area contributed by atoms with Crippen LogP contribution in [0.4, 0.5) is 11.4 Å². The molecule has 0 fully saturated rings. The fourth-order valence-electron chi connectivity index (χ4n) is 1.71. The zero-order valence-corrected chi connectivity index (χ0v) is 11.4. The van der Waals surface area contributed by atoms with Crippen LogP contribution in [0.3, 0.4) is 0 Å². The molecule has 1 N–H and O–H groups in total. The Kier molecular flexibility index (Phi) is 4.50. The van der Waals surface area contributed by atoms with Crippen LogP contribution in [0.5, 0.6) is 11.5 Å². The van der Waals surface area contributed by atoms with E-state index in [-0.39, 0.29) is 11.4 Å². The maximum absolute atomic E-state index is 10.7. The van der Waals surface area contributed by atoms with Gasteiger partial charge in [0.1, 0.15) is 5.75 Å². The van der Waals surface area contributed by atoms with Crippen molar-refractivity contribution in [1.29, 1.82) is 0 Å². The smallest absolute Gasteiger partial charge is 0.311 e. The monoisotopic (exact) mass is 286 g/mol. The predicted octanol–water partition coefficient (Wildman–Crippen LogP) is 3.45. The number of aromatic hydroxyl groups is 1. The molecule has 2 aromatic rings. The lowest BCUT2D eigenvalue weighted by atomic mass is 10.2. The van der Waals surface area contributed by atoms with Crippen molar-refractivity contribution in [3.05, 3.63) is 58.1 Å². The number of phenolic OH excluding ortho intramolecular Hbond substituents is 1. The van der Waals surface area contributed by atoms with E-state index in [0.29, 0.717) is 17.9 Å². The van der Waals surface area contributed by atoms with Gasteiger partial charge in [-0.05, 0) is 48.9 Å². The third-order valence-electron chi connectivity index (χ3n) is 2.71. The Morgan fingerprint density at radius 1 is 1.29 bits per heavy atom. The van der Waals surface area contributed by atoms with Crippen LogP contribution in [-0.2, 0) is 0 Å². The summed E-state index contributed by atoms with van der Waals surface area (Å²) in [5, 5.41) is 20.1. The standard InChI is InChI=1S/C15H14N2O4/c1-2-21-13-6-4-12(5-7-13)16-10-11-3-8-15(18)14(9-11)17(19)20/h3-10,18H,2H2,1H3. The van der Waals surface area contributed by atoms with Crippen molar-refractivity contribution < 1.29 is 14.8 Å².